The van der Waals surface area contributed by atoms with E-state index in [9.17, 15) is 4.79 Å². The van der Waals surface area contributed by atoms with E-state index in [-0.39, 0.29) is 5.91 Å². The molecule has 1 aromatic carbocycles. The van der Waals surface area contributed by atoms with E-state index in [1.807, 2.05) is 0 Å². The molecular weight excluding hydrogens is 258 g/mol. The van der Waals surface area contributed by atoms with Crippen LogP contribution in [0.5, 0.6) is 0 Å². The van der Waals surface area contributed by atoms with Gasteiger partial charge in [0, 0.05) is 18.3 Å². The number of hydrogen-bond acceptors (Lipinski definition) is 1. The number of carbonyl (C=O) groups is 1. The van der Waals surface area contributed by atoms with Gasteiger partial charge < -0.3 is 5.32 Å². The van der Waals surface area contributed by atoms with Crippen LogP contribution in [-0.4, -0.2) is 17.8 Å². The van der Waals surface area contributed by atoms with Crippen LogP contribution in [0, 0.1) is 12.8 Å². The molecule has 0 aromatic heterocycles. The first kappa shape index (κ1) is 14.4. The van der Waals surface area contributed by atoms with Gasteiger partial charge in [0.05, 0.1) is 0 Å². The molecule has 1 aromatic rings. The molecular formula is C16H22ClNO. The van der Waals surface area contributed by atoms with E-state index in [1.165, 1.54) is 11.1 Å². The average molecular weight is 280 g/mol. The molecule has 0 saturated heterocycles. The fourth-order valence-electron chi connectivity index (χ4n) is 2.56. The van der Waals surface area contributed by atoms with E-state index in [1.54, 1.807) is 0 Å². The van der Waals surface area contributed by atoms with Gasteiger partial charge in [0.25, 0.3) is 0 Å². The van der Waals surface area contributed by atoms with Crippen LogP contribution in [0.3, 0.4) is 0 Å². The van der Waals surface area contributed by atoms with Gasteiger partial charge in [-0.15, -0.1) is 11.6 Å². The summed E-state index contributed by atoms with van der Waals surface area (Å²) in [5, 5.41) is 3.34. The molecule has 0 radical (unpaired) electrons. The number of benzene rings is 1. The van der Waals surface area contributed by atoms with Crippen molar-refractivity contribution in [1.29, 1.82) is 0 Å². The monoisotopic (exact) mass is 279 g/mol. The Kier molecular flexibility index (Phi) is 5.26. The fraction of sp³-hybridized carbons (Fsp3) is 0.562. The summed E-state index contributed by atoms with van der Waals surface area (Å²) in [6.45, 7) is 2.86. The zero-order valence-corrected chi connectivity index (χ0v) is 12.2. The Labute approximate surface area is 120 Å². The SMILES string of the molecule is Cc1ccc(CCC(=O)NCC2CCC(Cl)C2)cc1. The van der Waals surface area contributed by atoms with Gasteiger partial charge >= 0.3 is 0 Å². The molecule has 1 saturated carbocycles. The molecule has 1 N–H and O–H groups in total. The highest BCUT2D eigenvalue weighted by atomic mass is 35.5. The highest BCUT2D eigenvalue weighted by Gasteiger charge is 2.22. The Morgan fingerprint density at radius 2 is 2.05 bits per heavy atom. The van der Waals surface area contributed by atoms with Crippen molar-refractivity contribution in [3.05, 3.63) is 35.4 Å². The van der Waals surface area contributed by atoms with Crippen LogP contribution in [0.2, 0.25) is 0 Å². The van der Waals surface area contributed by atoms with Crippen molar-refractivity contribution in [3.8, 4) is 0 Å². The zero-order valence-electron chi connectivity index (χ0n) is 11.5. The third-order valence-electron chi connectivity index (χ3n) is 3.83. The van der Waals surface area contributed by atoms with Gasteiger partial charge in [0.2, 0.25) is 5.91 Å². The lowest BCUT2D eigenvalue weighted by Gasteiger charge is -2.10. The normalized spacial score (nSPS) is 22.4. The van der Waals surface area contributed by atoms with E-state index in [2.05, 4.69) is 36.5 Å². The van der Waals surface area contributed by atoms with Crippen LogP contribution in [-0.2, 0) is 11.2 Å². The van der Waals surface area contributed by atoms with Crippen LogP contribution in [0.25, 0.3) is 0 Å². The maximum absolute atomic E-state index is 11.8. The molecule has 0 spiro atoms. The predicted molar refractivity (Wildman–Crippen MR) is 79.5 cm³/mol. The first-order chi connectivity index (χ1) is 9.13. The number of hydrogen-bond donors (Lipinski definition) is 1. The highest BCUT2D eigenvalue weighted by Crippen LogP contribution is 2.28. The summed E-state index contributed by atoms with van der Waals surface area (Å²) >= 11 is 6.06. The molecule has 2 rings (SSSR count). The van der Waals surface area contributed by atoms with Crippen LogP contribution < -0.4 is 5.32 Å². The van der Waals surface area contributed by atoms with Crippen molar-refractivity contribution in [2.45, 2.75) is 44.4 Å². The molecule has 1 aliphatic carbocycles. The number of halogens is 1. The summed E-state index contributed by atoms with van der Waals surface area (Å²) < 4.78 is 0. The Balaban J connectivity index is 1.65. The van der Waals surface area contributed by atoms with Gasteiger partial charge in [0.15, 0.2) is 0 Å². The van der Waals surface area contributed by atoms with Crippen molar-refractivity contribution in [2.24, 2.45) is 5.92 Å². The third kappa shape index (κ3) is 4.87. The van der Waals surface area contributed by atoms with Crippen molar-refractivity contribution >= 4 is 17.5 Å². The van der Waals surface area contributed by atoms with E-state index in [0.29, 0.717) is 17.7 Å². The number of amides is 1. The van der Waals surface area contributed by atoms with Gasteiger partial charge in [-0.2, -0.15) is 0 Å². The van der Waals surface area contributed by atoms with E-state index in [0.717, 1.165) is 32.2 Å². The summed E-state index contributed by atoms with van der Waals surface area (Å²) in [5.74, 6) is 0.726. The summed E-state index contributed by atoms with van der Waals surface area (Å²) in [5.41, 5.74) is 2.48. The predicted octanol–water partition coefficient (Wildman–Crippen LogP) is 3.45. The zero-order chi connectivity index (χ0) is 13.7. The molecule has 2 nitrogen and oxygen atoms in total. The molecule has 1 fully saturated rings. The van der Waals surface area contributed by atoms with Crippen molar-refractivity contribution in [2.75, 3.05) is 6.54 Å². The van der Waals surface area contributed by atoms with Gasteiger partial charge in [-0.25, -0.2) is 0 Å². The topological polar surface area (TPSA) is 29.1 Å². The van der Waals surface area contributed by atoms with Gasteiger partial charge in [-0.05, 0) is 44.1 Å². The van der Waals surface area contributed by atoms with E-state index in [4.69, 9.17) is 11.6 Å². The molecule has 1 amide bonds. The number of aryl methyl sites for hydroxylation is 2. The average Bonchev–Trinajstić information content (AvgIpc) is 2.81. The lowest BCUT2D eigenvalue weighted by molar-refractivity contribution is -0.121. The van der Waals surface area contributed by atoms with Crippen molar-refractivity contribution < 1.29 is 4.79 Å². The summed E-state index contributed by atoms with van der Waals surface area (Å²) in [7, 11) is 0. The molecule has 1 aliphatic rings. The molecule has 0 bridgehead atoms. The molecule has 3 heteroatoms. The highest BCUT2D eigenvalue weighted by molar-refractivity contribution is 6.20. The minimum absolute atomic E-state index is 0.151. The molecule has 0 aliphatic heterocycles. The fourth-order valence-corrected chi connectivity index (χ4v) is 2.94. The molecule has 0 heterocycles. The second-order valence-corrected chi connectivity index (χ2v) is 6.18. The second-order valence-electron chi connectivity index (χ2n) is 5.57. The number of carbonyl (C=O) groups excluding carboxylic acids is 1. The third-order valence-corrected chi connectivity index (χ3v) is 4.22. The largest absolute Gasteiger partial charge is 0.356 e. The molecule has 2 atom stereocenters. The lowest BCUT2D eigenvalue weighted by atomic mass is 10.1. The summed E-state index contributed by atoms with van der Waals surface area (Å²) in [4.78, 5) is 11.8. The first-order valence-corrected chi connectivity index (χ1v) is 7.53. The van der Waals surface area contributed by atoms with Crippen LogP contribution in [0.4, 0.5) is 0 Å². The van der Waals surface area contributed by atoms with Crippen LogP contribution in [0.1, 0.15) is 36.8 Å². The molecule has 19 heavy (non-hydrogen) atoms. The Morgan fingerprint density at radius 1 is 1.32 bits per heavy atom. The van der Waals surface area contributed by atoms with Crippen molar-refractivity contribution in [3.63, 3.8) is 0 Å². The summed E-state index contributed by atoms with van der Waals surface area (Å²) in [6, 6.07) is 8.37. The van der Waals surface area contributed by atoms with E-state index >= 15 is 0 Å². The van der Waals surface area contributed by atoms with E-state index < -0.39 is 0 Å². The summed E-state index contributed by atoms with van der Waals surface area (Å²) in [6.07, 6.45) is 4.66. The Hall–Kier alpha value is -1.02. The smallest absolute Gasteiger partial charge is 0.220 e. The first-order valence-electron chi connectivity index (χ1n) is 7.10. The van der Waals surface area contributed by atoms with Crippen molar-refractivity contribution in [1.82, 2.24) is 5.32 Å². The number of nitrogens with one attached hydrogen (secondary N) is 1. The minimum atomic E-state index is 0.151. The van der Waals surface area contributed by atoms with Crippen LogP contribution in [0.15, 0.2) is 24.3 Å². The second kappa shape index (κ2) is 6.95. The quantitative estimate of drug-likeness (QED) is 0.822. The number of rotatable bonds is 5. The minimum Gasteiger partial charge on any atom is -0.356 e. The Bertz CT molecular complexity index is 415. The van der Waals surface area contributed by atoms with Gasteiger partial charge in [-0.1, -0.05) is 29.8 Å². The standard InChI is InChI=1S/C16H22ClNO/c1-12-2-4-13(5-3-12)7-9-16(19)18-11-14-6-8-15(17)10-14/h2-5,14-15H,6-11H2,1H3,(H,18,19). The Morgan fingerprint density at radius 3 is 2.68 bits per heavy atom. The lowest BCUT2D eigenvalue weighted by Crippen LogP contribution is -2.28. The maximum Gasteiger partial charge on any atom is 0.220 e. The molecule has 104 valence electrons. The van der Waals surface area contributed by atoms with Crippen LogP contribution >= 0.6 is 11.6 Å². The van der Waals surface area contributed by atoms with Gasteiger partial charge in [0.1, 0.15) is 0 Å². The number of alkyl halides is 1. The molecule has 2 unspecified atom stereocenters. The maximum atomic E-state index is 11.8. The van der Waals surface area contributed by atoms with Gasteiger partial charge in [-0.3, -0.25) is 4.79 Å².